The molecule has 2 atom stereocenters. The van der Waals surface area contributed by atoms with Crippen LogP contribution in [-0.2, 0) is 13.6 Å². The van der Waals surface area contributed by atoms with Gasteiger partial charge in [-0.15, -0.1) is 0 Å². The summed E-state index contributed by atoms with van der Waals surface area (Å²) < 4.78 is 2.10. The predicted molar refractivity (Wildman–Crippen MR) is 100 cm³/mol. The number of rotatable bonds is 5. The van der Waals surface area contributed by atoms with Gasteiger partial charge in [0.05, 0.1) is 18.4 Å². The van der Waals surface area contributed by atoms with Gasteiger partial charge in [-0.2, -0.15) is 11.8 Å². The number of hydrogen-bond acceptors (Lipinski definition) is 4. The molecule has 1 saturated carbocycles. The largest absolute Gasteiger partial charge is 0.354 e. The van der Waals surface area contributed by atoms with Gasteiger partial charge in [0.15, 0.2) is 5.96 Å². The first-order valence-electron chi connectivity index (χ1n) is 8.23. The smallest absolute Gasteiger partial charge is 0.204 e. The van der Waals surface area contributed by atoms with Crippen molar-refractivity contribution in [1.82, 2.24) is 20.2 Å². The summed E-state index contributed by atoms with van der Waals surface area (Å²) in [5.41, 5.74) is 1.14. The number of nitrogens with zero attached hydrogens (tertiary/aromatic N) is 4. The average molecular weight is 339 g/mol. The Bertz CT molecular complexity index is 525. The van der Waals surface area contributed by atoms with Crippen molar-refractivity contribution in [3.63, 3.8) is 0 Å². The van der Waals surface area contributed by atoms with Crippen molar-refractivity contribution in [3.05, 3.63) is 11.9 Å². The number of anilines is 1. The van der Waals surface area contributed by atoms with Crippen molar-refractivity contribution in [2.45, 2.75) is 43.5 Å². The quantitative estimate of drug-likeness (QED) is 0.634. The van der Waals surface area contributed by atoms with Crippen molar-refractivity contribution in [3.8, 4) is 0 Å². The summed E-state index contributed by atoms with van der Waals surface area (Å²) in [6.07, 6.45) is 9.22. The van der Waals surface area contributed by atoms with Crippen LogP contribution in [0.3, 0.4) is 0 Å². The molecule has 0 spiro atoms. The Kier molecular flexibility index (Phi) is 6.62. The Morgan fingerprint density at radius 2 is 2.26 bits per heavy atom. The monoisotopic (exact) mass is 338 g/mol. The van der Waals surface area contributed by atoms with E-state index in [9.17, 15) is 0 Å². The summed E-state index contributed by atoms with van der Waals surface area (Å²) in [5.74, 6) is 1.84. The van der Waals surface area contributed by atoms with E-state index in [0.29, 0.717) is 6.04 Å². The second-order valence-corrected chi connectivity index (χ2v) is 7.43. The van der Waals surface area contributed by atoms with Gasteiger partial charge < -0.3 is 20.1 Å². The molecule has 23 heavy (non-hydrogen) atoms. The van der Waals surface area contributed by atoms with Crippen LogP contribution < -0.4 is 15.5 Å². The zero-order valence-electron chi connectivity index (χ0n) is 15.0. The Morgan fingerprint density at radius 3 is 2.87 bits per heavy atom. The minimum atomic E-state index is 0.524. The highest BCUT2D eigenvalue weighted by atomic mass is 32.2. The van der Waals surface area contributed by atoms with Crippen LogP contribution >= 0.6 is 11.8 Å². The Labute approximate surface area is 144 Å². The lowest BCUT2D eigenvalue weighted by molar-refractivity contribution is 0.419. The second-order valence-electron chi connectivity index (χ2n) is 6.29. The first-order valence-corrected chi connectivity index (χ1v) is 9.51. The molecule has 0 saturated heterocycles. The lowest BCUT2D eigenvalue weighted by Gasteiger charge is -2.29. The van der Waals surface area contributed by atoms with Crippen LogP contribution in [0.1, 0.15) is 31.4 Å². The topological polar surface area (TPSA) is 57.5 Å². The first kappa shape index (κ1) is 18.0. The third-order valence-corrected chi connectivity index (χ3v) is 5.52. The number of hydrogen-bond donors (Lipinski definition) is 2. The van der Waals surface area contributed by atoms with E-state index in [1.54, 1.807) is 0 Å². The number of aliphatic imine (C=N–C) groups is 1. The summed E-state index contributed by atoms with van der Waals surface area (Å²) >= 11 is 1.99. The van der Waals surface area contributed by atoms with E-state index in [-0.39, 0.29) is 0 Å². The van der Waals surface area contributed by atoms with E-state index in [0.717, 1.165) is 29.4 Å². The fourth-order valence-corrected chi connectivity index (χ4v) is 3.89. The Morgan fingerprint density at radius 1 is 1.48 bits per heavy atom. The molecule has 7 heteroatoms. The van der Waals surface area contributed by atoms with Crippen LogP contribution in [0.25, 0.3) is 0 Å². The summed E-state index contributed by atoms with van der Waals surface area (Å²) in [6.45, 7) is 0.718. The van der Waals surface area contributed by atoms with E-state index >= 15 is 0 Å². The third-order valence-electron chi connectivity index (χ3n) is 4.42. The molecule has 2 unspecified atom stereocenters. The number of aromatic nitrogens is 2. The Hall–Kier alpha value is -1.37. The van der Waals surface area contributed by atoms with Crippen LogP contribution in [0, 0.1) is 0 Å². The standard InChI is InChI=1S/C16H30N6S/c1-17-15(20-12-7-6-8-14(9-12)23-5)18-10-13-11-19-16(21(2)3)22(13)4/h11-12,14H,6-10H2,1-5H3,(H2,17,18,20). The molecule has 0 aromatic carbocycles. The normalized spacial score (nSPS) is 22.0. The zero-order valence-corrected chi connectivity index (χ0v) is 15.8. The van der Waals surface area contributed by atoms with Crippen molar-refractivity contribution in [2.24, 2.45) is 12.0 Å². The van der Waals surface area contributed by atoms with E-state index < -0.39 is 0 Å². The zero-order chi connectivity index (χ0) is 16.8. The molecule has 1 aromatic rings. The SMILES string of the molecule is CN=C(NCc1cnc(N(C)C)n1C)NC1CCCC(SC)C1. The van der Waals surface area contributed by atoms with E-state index in [2.05, 4.69) is 31.4 Å². The van der Waals surface area contributed by atoms with Gasteiger partial charge in [0.2, 0.25) is 5.95 Å². The molecule has 0 radical (unpaired) electrons. The molecular formula is C16H30N6S. The molecule has 1 fully saturated rings. The van der Waals surface area contributed by atoms with Crippen LogP contribution in [0.5, 0.6) is 0 Å². The Balaban J connectivity index is 1.88. The lowest BCUT2D eigenvalue weighted by Crippen LogP contribution is -2.45. The number of thioether (sulfide) groups is 1. The number of nitrogens with one attached hydrogen (secondary N) is 2. The van der Waals surface area contributed by atoms with E-state index in [1.807, 2.05) is 51.0 Å². The van der Waals surface area contributed by atoms with E-state index in [1.165, 1.54) is 25.7 Å². The first-order chi connectivity index (χ1) is 11.0. The summed E-state index contributed by atoms with van der Waals surface area (Å²) in [5, 5.41) is 7.76. The average Bonchev–Trinajstić information content (AvgIpc) is 2.92. The molecule has 0 aliphatic heterocycles. The molecule has 1 aromatic heterocycles. The van der Waals surface area contributed by atoms with Gasteiger partial charge in [-0.1, -0.05) is 6.42 Å². The van der Waals surface area contributed by atoms with Crippen LogP contribution in [0.2, 0.25) is 0 Å². The fraction of sp³-hybridized carbons (Fsp3) is 0.750. The van der Waals surface area contributed by atoms with Crippen molar-refractivity contribution < 1.29 is 0 Å². The highest BCUT2D eigenvalue weighted by Gasteiger charge is 2.22. The summed E-state index contributed by atoms with van der Waals surface area (Å²) in [6, 6.07) is 0.524. The van der Waals surface area contributed by atoms with Crippen molar-refractivity contribution in [1.29, 1.82) is 0 Å². The maximum atomic E-state index is 4.44. The molecule has 1 aliphatic carbocycles. The molecule has 0 bridgehead atoms. The highest BCUT2D eigenvalue weighted by Crippen LogP contribution is 2.26. The van der Waals surface area contributed by atoms with Gasteiger partial charge in [0, 0.05) is 39.5 Å². The molecule has 2 rings (SSSR count). The summed E-state index contributed by atoms with van der Waals surface area (Å²) in [7, 11) is 7.88. The minimum absolute atomic E-state index is 0.524. The van der Waals surface area contributed by atoms with Crippen LogP contribution in [-0.4, -0.2) is 54.2 Å². The maximum absolute atomic E-state index is 4.44. The molecular weight excluding hydrogens is 308 g/mol. The number of guanidine groups is 1. The van der Waals surface area contributed by atoms with Gasteiger partial charge in [0.25, 0.3) is 0 Å². The van der Waals surface area contributed by atoms with Gasteiger partial charge in [-0.25, -0.2) is 4.98 Å². The molecule has 1 heterocycles. The molecule has 6 nitrogen and oxygen atoms in total. The minimum Gasteiger partial charge on any atom is -0.354 e. The second kappa shape index (κ2) is 8.47. The van der Waals surface area contributed by atoms with Crippen molar-refractivity contribution in [2.75, 3.05) is 32.3 Å². The van der Waals surface area contributed by atoms with Crippen LogP contribution in [0.4, 0.5) is 5.95 Å². The lowest BCUT2D eigenvalue weighted by atomic mass is 9.95. The molecule has 130 valence electrons. The van der Waals surface area contributed by atoms with Gasteiger partial charge in [0.1, 0.15) is 0 Å². The number of imidazole rings is 1. The van der Waals surface area contributed by atoms with Gasteiger partial charge >= 0.3 is 0 Å². The van der Waals surface area contributed by atoms with Crippen molar-refractivity contribution >= 4 is 23.7 Å². The van der Waals surface area contributed by atoms with Gasteiger partial charge in [-0.3, -0.25) is 4.99 Å². The predicted octanol–water partition coefficient (Wildman–Crippen LogP) is 1.83. The maximum Gasteiger partial charge on any atom is 0.204 e. The highest BCUT2D eigenvalue weighted by molar-refractivity contribution is 7.99. The molecule has 1 aliphatic rings. The van der Waals surface area contributed by atoms with E-state index in [4.69, 9.17) is 0 Å². The molecule has 0 amide bonds. The third kappa shape index (κ3) is 4.80. The van der Waals surface area contributed by atoms with Gasteiger partial charge in [-0.05, 0) is 25.5 Å². The fourth-order valence-electron chi connectivity index (χ4n) is 3.07. The summed E-state index contributed by atoms with van der Waals surface area (Å²) in [4.78, 5) is 10.8. The molecule has 2 N–H and O–H groups in total. The van der Waals surface area contributed by atoms with Crippen LogP contribution in [0.15, 0.2) is 11.2 Å².